The molecular weight excluding hydrogens is 540 g/mol. The number of nitrogens with zero attached hydrogens (tertiary/aromatic N) is 1. The lowest BCUT2D eigenvalue weighted by Crippen LogP contribution is -2.53. The lowest BCUT2D eigenvalue weighted by atomic mass is 9.75. The quantitative estimate of drug-likeness (QED) is 0.160. The molecule has 6 nitrogen and oxygen atoms in total. The Balaban J connectivity index is 2.16. The third kappa shape index (κ3) is 5.35. The molecule has 0 aliphatic rings. The minimum atomic E-state index is -4.07. The van der Waals surface area contributed by atoms with Crippen molar-refractivity contribution in [2.24, 2.45) is 0 Å². The molecule has 3 aromatic carbocycles. The van der Waals surface area contributed by atoms with E-state index in [-0.39, 0.29) is 17.4 Å². The van der Waals surface area contributed by atoms with Gasteiger partial charge in [0.05, 0.1) is 17.3 Å². The number of carboxylic acids is 1. The number of aromatic nitrogens is 1. The van der Waals surface area contributed by atoms with Crippen LogP contribution in [0.4, 0.5) is 4.39 Å². The lowest BCUT2D eigenvalue weighted by Gasteiger charge is -2.39. The molecule has 41 heavy (non-hydrogen) atoms. The fourth-order valence-electron chi connectivity index (χ4n) is 5.30. The topological polar surface area (TPSA) is 108 Å². The van der Waals surface area contributed by atoms with Gasteiger partial charge in [-0.1, -0.05) is 92.6 Å². The van der Waals surface area contributed by atoms with E-state index in [2.05, 4.69) is 0 Å². The molecule has 0 saturated carbocycles. The van der Waals surface area contributed by atoms with Gasteiger partial charge in [0.15, 0.2) is 0 Å². The zero-order valence-corrected chi connectivity index (χ0v) is 23.9. The van der Waals surface area contributed by atoms with Crippen LogP contribution in [-0.4, -0.2) is 31.2 Å². The van der Waals surface area contributed by atoms with E-state index in [1.165, 1.54) is 24.3 Å². The van der Waals surface area contributed by atoms with Gasteiger partial charge in [-0.3, -0.25) is 9.55 Å². The highest BCUT2D eigenvalue weighted by atomic mass is 31.1. The van der Waals surface area contributed by atoms with Crippen LogP contribution in [-0.2, 0) is 15.0 Å². The van der Waals surface area contributed by atoms with Gasteiger partial charge in [-0.25, -0.2) is 9.18 Å². The Bertz CT molecular complexity index is 1560. The molecule has 3 unspecified atom stereocenters. The molecule has 0 fully saturated rings. The highest BCUT2D eigenvalue weighted by Gasteiger charge is 2.60. The Morgan fingerprint density at radius 2 is 1.49 bits per heavy atom. The Morgan fingerprint density at radius 1 is 0.976 bits per heavy atom. The van der Waals surface area contributed by atoms with Gasteiger partial charge >= 0.3 is 5.97 Å². The van der Waals surface area contributed by atoms with Crippen LogP contribution < -0.4 is 0 Å². The first-order valence-electron chi connectivity index (χ1n) is 13.0. The van der Waals surface area contributed by atoms with Crippen molar-refractivity contribution in [2.75, 3.05) is 0 Å². The zero-order chi connectivity index (χ0) is 29.9. The van der Waals surface area contributed by atoms with Crippen LogP contribution >= 0.6 is 8.03 Å². The SMILES string of the molecule is C#CC(C(=O)O)([PH](=O)O)C(C)(O)c1c(-c2ccc(F)cc2)cc(C(c2ccccc2)c2ccccc2)nc1C(C)C. The van der Waals surface area contributed by atoms with Crippen molar-refractivity contribution in [3.8, 4) is 23.5 Å². The van der Waals surface area contributed by atoms with Gasteiger partial charge in [0.1, 0.15) is 11.4 Å². The average Bonchev–Trinajstić information content (AvgIpc) is 2.94. The molecule has 0 aliphatic carbocycles. The summed E-state index contributed by atoms with van der Waals surface area (Å²) in [7, 11) is -4.07. The van der Waals surface area contributed by atoms with Crippen molar-refractivity contribution in [2.45, 2.75) is 43.4 Å². The van der Waals surface area contributed by atoms with Crippen LogP contribution in [0.3, 0.4) is 0 Å². The van der Waals surface area contributed by atoms with Crippen molar-refractivity contribution >= 4 is 14.0 Å². The maximum Gasteiger partial charge on any atom is 0.335 e. The van der Waals surface area contributed by atoms with E-state index < -0.39 is 30.6 Å². The predicted molar refractivity (Wildman–Crippen MR) is 158 cm³/mol. The molecule has 0 amide bonds. The second-order valence-corrected chi connectivity index (χ2v) is 11.7. The first-order chi connectivity index (χ1) is 19.5. The van der Waals surface area contributed by atoms with E-state index in [0.29, 0.717) is 22.5 Å². The minimum Gasteiger partial charge on any atom is -0.480 e. The molecule has 4 aromatic rings. The number of halogens is 1. The van der Waals surface area contributed by atoms with Gasteiger partial charge in [0.2, 0.25) is 13.2 Å². The molecule has 0 spiro atoms. The number of carboxylic acid groups (broad SMARTS) is 1. The summed E-state index contributed by atoms with van der Waals surface area (Å²) < 4.78 is 26.7. The zero-order valence-electron chi connectivity index (χ0n) is 22.9. The van der Waals surface area contributed by atoms with Crippen LogP contribution in [0.25, 0.3) is 11.1 Å². The number of pyridine rings is 1. The Hall–Kier alpha value is -4.08. The fraction of sp³-hybridized carbons (Fsp3) is 0.212. The van der Waals surface area contributed by atoms with Gasteiger partial charge in [0.25, 0.3) is 0 Å². The molecular formula is C33H31FNO5P. The summed E-state index contributed by atoms with van der Waals surface area (Å²) >= 11 is 0. The van der Waals surface area contributed by atoms with Crippen LogP contribution in [0.2, 0.25) is 0 Å². The molecule has 0 aliphatic heterocycles. The van der Waals surface area contributed by atoms with Gasteiger partial charge in [-0.2, -0.15) is 0 Å². The number of terminal acetylenes is 1. The van der Waals surface area contributed by atoms with E-state index >= 15 is 0 Å². The summed E-state index contributed by atoms with van der Waals surface area (Å²) in [5.74, 6) is -1.10. The molecule has 4 rings (SSSR count). The second-order valence-electron chi connectivity index (χ2n) is 10.3. The number of benzene rings is 3. The maximum atomic E-state index is 14.0. The molecule has 0 saturated heterocycles. The smallest absolute Gasteiger partial charge is 0.335 e. The summed E-state index contributed by atoms with van der Waals surface area (Å²) in [4.78, 5) is 27.8. The lowest BCUT2D eigenvalue weighted by molar-refractivity contribution is -0.145. The normalized spacial score (nSPS) is 15.1. The van der Waals surface area contributed by atoms with Crippen LogP contribution in [0.15, 0.2) is 91.0 Å². The first kappa shape index (κ1) is 29.9. The van der Waals surface area contributed by atoms with E-state index in [1.54, 1.807) is 6.07 Å². The maximum absolute atomic E-state index is 14.0. The molecule has 1 aromatic heterocycles. The standard InChI is InChI=1S/C33H31FNO5P/c1-5-33(31(36)37,41(39)40)32(4,38)29-26(22-16-18-25(34)19-17-22)20-27(35-30(29)21(2)3)28(23-12-8-6-9-13-23)24-14-10-7-11-15-24/h1,6-21,28,38,41H,2-4H3,(H,36,37)(H,39,40). The van der Waals surface area contributed by atoms with E-state index in [4.69, 9.17) is 11.4 Å². The monoisotopic (exact) mass is 571 g/mol. The highest BCUT2D eigenvalue weighted by molar-refractivity contribution is 7.42. The van der Waals surface area contributed by atoms with Gasteiger partial charge in [-0.05, 0) is 53.3 Å². The van der Waals surface area contributed by atoms with Crippen molar-refractivity contribution in [1.82, 2.24) is 4.98 Å². The highest BCUT2D eigenvalue weighted by Crippen LogP contribution is 2.53. The van der Waals surface area contributed by atoms with E-state index in [1.807, 2.05) is 80.4 Å². The number of aliphatic carboxylic acids is 1. The third-order valence-electron chi connectivity index (χ3n) is 7.41. The second kappa shape index (κ2) is 11.8. The van der Waals surface area contributed by atoms with Gasteiger partial charge in [0, 0.05) is 5.56 Å². The van der Waals surface area contributed by atoms with E-state index in [9.17, 15) is 28.9 Å². The Morgan fingerprint density at radius 3 is 1.90 bits per heavy atom. The van der Waals surface area contributed by atoms with Crippen LogP contribution in [0.5, 0.6) is 0 Å². The fourth-order valence-corrected chi connectivity index (χ4v) is 6.15. The summed E-state index contributed by atoms with van der Waals surface area (Å²) in [6.45, 7) is 4.77. The van der Waals surface area contributed by atoms with Crippen LogP contribution in [0, 0.1) is 18.2 Å². The molecule has 210 valence electrons. The largest absolute Gasteiger partial charge is 0.480 e. The molecule has 3 atom stereocenters. The molecule has 0 radical (unpaired) electrons. The molecule has 3 N–H and O–H groups in total. The summed E-state index contributed by atoms with van der Waals surface area (Å²) in [6.07, 6.45) is 5.60. The number of carbonyl (C=O) groups is 1. The number of hydrogen-bond donors (Lipinski definition) is 3. The van der Waals surface area contributed by atoms with Crippen molar-refractivity contribution in [3.63, 3.8) is 0 Å². The summed E-state index contributed by atoms with van der Waals surface area (Å²) in [5, 5.41) is 19.3. The predicted octanol–water partition coefficient (Wildman–Crippen LogP) is 6.32. The molecule has 1 heterocycles. The van der Waals surface area contributed by atoms with E-state index in [0.717, 1.165) is 18.1 Å². The van der Waals surface area contributed by atoms with Gasteiger partial charge in [-0.15, -0.1) is 6.42 Å². The number of hydrogen-bond acceptors (Lipinski definition) is 4. The Labute approximate surface area is 239 Å². The van der Waals surface area contributed by atoms with Gasteiger partial charge < -0.3 is 15.1 Å². The summed E-state index contributed by atoms with van der Waals surface area (Å²) in [5.41, 5.74) is 0.975. The average molecular weight is 572 g/mol. The Kier molecular flexibility index (Phi) is 8.60. The first-order valence-corrected chi connectivity index (χ1v) is 14.4. The molecule has 0 bridgehead atoms. The number of aliphatic hydroxyl groups is 1. The molecule has 8 heteroatoms. The van der Waals surface area contributed by atoms with Crippen molar-refractivity contribution < 1.29 is 28.9 Å². The van der Waals surface area contributed by atoms with Crippen molar-refractivity contribution in [1.29, 1.82) is 0 Å². The number of rotatable bonds is 9. The third-order valence-corrected chi connectivity index (χ3v) is 8.89. The minimum absolute atomic E-state index is 0.00418. The van der Waals surface area contributed by atoms with Crippen LogP contribution in [0.1, 0.15) is 60.7 Å². The van der Waals surface area contributed by atoms with Crippen molar-refractivity contribution in [3.05, 3.63) is 125 Å². The summed E-state index contributed by atoms with van der Waals surface area (Å²) in [6, 6.07) is 26.6.